The van der Waals surface area contributed by atoms with Gasteiger partial charge in [-0.1, -0.05) is 76.2 Å². The molecule has 0 aliphatic heterocycles. The summed E-state index contributed by atoms with van der Waals surface area (Å²) >= 11 is 0. The Hall–Kier alpha value is -2.65. The SMILES string of the molecule is CCc1cccc(CC)c1-c1ncc(CN(CCC(C)C)Cc2ccccc2)c(OC)c1C. The minimum absolute atomic E-state index is 0.672. The molecule has 33 heavy (non-hydrogen) atoms. The van der Waals surface area contributed by atoms with Crippen molar-refractivity contribution in [2.45, 2.75) is 67.0 Å². The van der Waals surface area contributed by atoms with Gasteiger partial charge in [-0.15, -0.1) is 0 Å². The predicted octanol–water partition coefficient (Wildman–Crippen LogP) is 7.24. The Morgan fingerprint density at radius 3 is 2.12 bits per heavy atom. The van der Waals surface area contributed by atoms with Gasteiger partial charge in [0, 0.05) is 36.0 Å². The summed E-state index contributed by atoms with van der Waals surface area (Å²) in [6.07, 6.45) is 5.20. The van der Waals surface area contributed by atoms with Crippen molar-refractivity contribution >= 4 is 0 Å². The average Bonchev–Trinajstić information content (AvgIpc) is 2.83. The van der Waals surface area contributed by atoms with Crippen LogP contribution in [0.15, 0.2) is 54.7 Å². The fourth-order valence-electron chi connectivity index (χ4n) is 4.58. The average molecular weight is 445 g/mol. The van der Waals surface area contributed by atoms with Crippen molar-refractivity contribution < 1.29 is 4.74 Å². The molecule has 176 valence electrons. The lowest BCUT2D eigenvalue weighted by molar-refractivity contribution is 0.237. The highest BCUT2D eigenvalue weighted by atomic mass is 16.5. The summed E-state index contributed by atoms with van der Waals surface area (Å²) in [5.74, 6) is 1.64. The van der Waals surface area contributed by atoms with Gasteiger partial charge >= 0.3 is 0 Å². The Kier molecular flexibility index (Phi) is 9.08. The maximum atomic E-state index is 6.00. The van der Waals surface area contributed by atoms with E-state index in [1.54, 1.807) is 7.11 Å². The van der Waals surface area contributed by atoms with Gasteiger partial charge in [0.1, 0.15) is 5.75 Å². The van der Waals surface area contributed by atoms with Crippen molar-refractivity contribution in [2.75, 3.05) is 13.7 Å². The second-order valence-electron chi connectivity index (χ2n) is 9.33. The number of hydrogen-bond acceptors (Lipinski definition) is 3. The number of aryl methyl sites for hydroxylation is 2. The van der Waals surface area contributed by atoms with Crippen molar-refractivity contribution in [2.24, 2.45) is 5.92 Å². The number of nitrogens with zero attached hydrogens (tertiary/aromatic N) is 2. The first-order chi connectivity index (χ1) is 16.0. The highest BCUT2D eigenvalue weighted by molar-refractivity contribution is 5.73. The van der Waals surface area contributed by atoms with Gasteiger partial charge in [-0.25, -0.2) is 0 Å². The van der Waals surface area contributed by atoms with Crippen LogP contribution in [0.4, 0.5) is 0 Å². The molecule has 3 heteroatoms. The van der Waals surface area contributed by atoms with Gasteiger partial charge in [0.15, 0.2) is 0 Å². The summed E-state index contributed by atoms with van der Waals surface area (Å²) in [6, 6.07) is 17.3. The van der Waals surface area contributed by atoms with E-state index in [0.29, 0.717) is 5.92 Å². The molecule has 1 aromatic heterocycles. The number of hydrogen-bond donors (Lipinski definition) is 0. The Morgan fingerprint density at radius 1 is 0.879 bits per heavy atom. The first-order valence-corrected chi connectivity index (χ1v) is 12.4. The summed E-state index contributed by atoms with van der Waals surface area (Å²) in [5, 5.41) is 0. The number of rotatable bonds is 11. The first kappa shape index (κ1) is 25.0. The maximum Gasteiger partial charge on any atom is 0.129 e. The van der Waals surface area contributed by atoms with Crippen LogP contribution in [-0.4, -0.2) is 23.5 Å². The Balaban J connectivity index is 1.97. The highest BCUT2D eigenvalue weighted by Gasteiger charge is 2.19. The molecule has 0 fully saturated rings. The molecular formula is C30H40N2O. The monoisotopic (exact) mass is 444 g/mol. The van der Waals surface area contributed by atoms with E-state index in [1.807, 2.05) is 6.20 Å². The van der Waals surface area contributed by atoms with Gasteiger partial charge in [0.2, 0.25) is 0 Å². The van der Waals surface area contributed by atoms with Crippen LogP contribution in [0.5, 0.6) is 5.75 Å². The molecule has 0 atom stereocenters. The molecule has 0 unspecified atom stereocenters. The zero-order valence-electron chi connectivity index (χ0n) is 21.3. The Bertz CT molecular complexity index is 1000. The fourth-order valence-corrected chi connectivity index (χ4v) is 4.58. The zero-order valence-corrected chi connectivity index (χ0v) is 21.3. The molecule has 2 aromatic carbocycles. The third-order valence-corrected chi connectivity index (χ3v) is 6.44. The number of aromatic nitrogens is 1. The van der Waals surface area contributed by atoms with Crippen LogP contribution in [0.3, 0.4) is 0 Å². The topological polar surface area (TPSA) is 25.4 Å². The van der Waals surface area contributed by atoms with Crippen LogP contribution >= 0.6 is 0 Å². The van der Waals surface area contributed by atoms with Crippen molar-refractivity contribution in [3.63, 3.8) is 0 Å². The van der Waals surface area contributed by atoms with Gasteiger partial charge < -0.3 is 4.74 Å². The Labute approximate surface area is 200 Å². The first-order valence-electron chi connectivity index (χ1n) is 12.4. The lowest BCUT2D eigenvalue weighted by Crippen LogP contribution is -2.25. The number of benzene rings is 2. The second-order valence-corrected chi connectivity index (χ2v) is 9.33. The van der Waals surface area contributed by atoms with Crippen LogP contribution in [-0.2, 0) is 25.9 Å². The van der Waals surface area contributed by atoms with Gasteiger partial charge in [-0.3, -0.25) is 9.88 Å². The molecule has 3 nitrogen and oxygen atoms in total. The molecule has 0 amide bonds. The summed E-state index contributed by atoms with van der Waals surface area (Å²) in [4.78, 5) is 7.54. The molecule has 1 heterocycles. The fraction of sp³-hybridized carbons (Fsp3) is 0.433. The molecule has 0 saturated carbocycles. The van der Waals surface area contributed by atoms with Crippen molar-refractivity contribution in [1.29, 1.82) is 0 Å². The molecule has 0 saturated heterocycles. The standard InChI is InChI=1S/C30H40N2O/c1-7-25-15-12-16-26(8-2)28(25)29-23(5)30(33-6)27(19-31-29)21-32(18-17-22(3)4)20-24-13-10-9-11-14-24/h9-16,19,22H,7-8,17-18,20-21H2,1-6H3. The molecule has 3 rings (SSSR count). The third kappa shape index (κ3) is 6.23. The van der Waals surface area contributed by atoms with Crippen LogP contribution in [0.1, 0.15) is 61.9 Å². The van der Waals surface area contributed by atoms with E-state index in [-0.39, 0.29) is 0 Å². The molecule has 0 aliphatic rings. The summed E-state index contributed by atoms with van der Waals surface area (Å²) < 4.78 is 6.00. The van der Waals surface area contributed by atoms with Crippen molar-refractivity contribution in [3.8, 4) is 17.0 Å². The molecular weight excluding hydrogens is 404 g/mol. The number of ether oxygens (including phenoxy) is 1. The van der Waals surface area contributed by atoms with E-state index in [4.69, 9.17) is 9.72 Å². The molecule has 0 aliphatic carbocycles. The molecule has 0 N–H and O–H groups in total. The van der Waals surface area contributed by atoms with Gasteiger partial charge in [0.05, 0.1) is 12.8 Å². The lowest BCUT2D eigenvalue weighted by atomic mass is 9.92. The molecule has 0 bridgehead atoms. The highest BCUT2D eigenvalue weighted by Crippen LogP contribution is 2.36. The summed E-state index contributed by atoms with van der Waals surface area (Å²) in [7, 11) is 1.79. The molecule has 0 radical (unpaired) electrons. The quantitative estimate of drug-likeness (QED) is 0.312. The Morgan fingerprint density at radius 2 is 1.55 bits per heavy atom. The van der Waals surface area contributed by atoms with Crippen LogP contribution in [0.25, 0.3) is 11.3 Å². The van der Waals surface area contributed by atoms with Gasteiger partial charge in [0.25, 0.3) is 0 Å². The second kappa shape index (κ2) is 12.0. The van der Waals surface area contributed by atoms with Crippen LogP contribution in [0.2, 0.25) is 0 Å². The zero-order chi connectivity index (χ0) is 23.8. The van der Waals surface area contributed by atoms with E-state index in [2.05, 4.69) is 88.0 Å². The minimum Gasteiger partial charge on any atom is -0.496 e. The van der Waals surface area contributed by atoms with E-state index < -0.39 is 0 Å². The molecule has 3 aromatic rings. The van der Waals surface area contributed by atoms with E-state index in [0.717, 1.165) is 55.0 Å². The predicted molar refractivity (Wildman–Crippen MR) is 140 cm³/mol. The van der Waals surface area contributed by atoms with Gasteiger partial charge in [-0.2, -0.15) is 0 Å². The lowest BCUT2D eigenvalue weighted by Gasteiger charge is -2.25. The van der Waals surface area contributed by atoms with Crippen LogP contribution < -0.4 is 4.74 Å². The third-order valence-electron chi connectivity index (χ3n) is 6.44. The molecule has 0 spiro atoms. The summed E-state index contributed by atoms with van der Waals surface area (Å²) in [5.41, 5.74) is 8.67. The van der Waals surface area contributed by atoms with E-state index in [1.165, 1.54) is 28.7 Å². The van der Waals surface area contributed by atoms with Crippen LogP contribution in [0, 0.1) is 12.8 Å². The van der Waals surface area contributed by atoms with Gasteiger partial charge in [-0.05, 0) is 55.3 Å². The van der Waals surface area contributed by atoms with E-state index in [9.17, 15) is 0 Å². The smallest absolute Gasteiger partial charge is 0.129 e. The summed E-state index contributed by atoms with van der Waals surface area (Å²) in [6.45, 7) is 14.0. The normalized spacial score (nSPS) is 11.4. The number of methoxy groups -OCH3 is 1. The van der Waals surface area contributed by atoms with Crippen molar-refractivity contribution in [1.82, 2.24) is 9.88 Å². The van der Waals surface area contributed by atoms with Crippen molar-refractivity contribution in [3.05, 3.63) is 82.5 Å². The largest absolute Gasteiger partial charge is 0.496 e. The number of pyridine rings is 1. The maximum absolute atomic E-state index is 6.00. The minimum atomic E-state index is 0.672. The van der Waals surface area contributed by atoms with E-state index >= 15 is 0 Å².